The number of aliphatic imine (C=N–C) groups is 1. The molecule has 0 aromatic rings. The summed E-state index contributed by atoms with van der Waals surface area (Å²) in [5.41, 5.74) is -0.554. The van der Waals surface area contributed by atoms with E-state index in [9.17, 15) is 14.4 Å². The van der Waals surface area contributed by atoms with Crippen molar-refractivity contribution >= 4 is 23.7 Å². The number of nitrogens with one attached hydrogen (secondary N) is 1. The molecule has 1 unspecified atom stereocenters. The summed E-state index contributed by atoms with van der Waals surface area (Å²) in [6.45, 7) is 6.66. The van der Waals surface area contributed by atoms with E-state index in [-0.39, 0.29) is 18.4 Å². The number of rotatable bonds is 1. The zero-order chi connectivity index (χ0) is 17.2. The van der Waals surface area contributed by atoms with Crippen LogP contribution in [0.25, 0.3) is 0 Å². The lowest BCUT2D eigenvalue weighted by molar-refractivity contribution is -0.147. The molecule has 0 bridgehead atoms. The molecule has 8 heteroatoms. The van der Waals surface area contributed by atoms with E-state index in [1.54, 1.807) is 4.90 Å². The molecule has 0 saturated carbocycles. The molecule has 1 fully saturated rings. The van der Waals surface area contributed by atoms with Crippen molar-refractivity contribution in [3.05, 3.63) is 0 Å². The van der Waals surface area contributed by atoms with Crippen molar-refractivity contribution < 1.29 is 19.1 Å². The van der Waals surface area contributed by atoms with Gasteiger partial charge in [-0.3, -0.25) is 24.4 Å². The van der Waals surface area contributed by atoms with Crippen molar-refractivity contribution in [3.8, 4) is 0 Å². The fourth-order valence-corrected chi connectivity index (χ4v) is 2.44. The van der Waals surface area contributed by atoms with Crippen LogP contribution >= 0.6 is 0 Å². The van der Waals surface area contributed by atoms with Gasteiger partial charge in [-0.25, -0.2) is 4.79 Å². The van der Waals surface area contributed by atoms with E-state index in [0.717, 1.165) is 4.90 Å². The van der Waals surface area contributed by atoms with Gasteiger partial charge in [0.15, 0.2) is 0 Å². The third-order valence-electron chi connectivity index (χ3n) is 3.66. The van der Waals surface area contributed by atoms with E-state index >= 15 is 0 Å². The Labute approximate surface area is 135 Å². The second-order valence-electron chi connectivity index (χ2n) is 6.76. The van der Waals surface area contributed by atoms with Crippen molar-refractivity contribution in [3.63, 3.8) is 0 Å². The number of likely N-dealkylation sites (tertiary alicyclic amines) is 1. The number of amidine groups is 1. The number of amides is 3. The van der Waals surface area contributed by atoms with Crippen LogP contribution in [0.2, 0.25) is 0 Å². The van der Waals surface area contributed by atoms with E-state index in [2.05, 4.69) is 10.3 Å². The number of imide groups is 1. The van der Waals surface area contributed by atoms with Crippen LogP contribution in [0.4, 0.5) is 4.79 Å². The highest BCUT2D eigenvalue weighted by Gasteiger charge is 2.33. The van der Waals surface area contributed by atoms with E-state index in [0.29, 0.717) is 31.8 Å². The molecule has 23 heavy (non-hydrogen) atoms. The van der Waals surface area contributed by atoms with E-state index in [1.807, 2.05) is 20.8 Å². The summed E-state index contributed by atoms with van der Waals surface area (Å²) in [4.78, 5) is 42.7. The number of carbonyl (C=O) groups excluding carboxylic acids is 3. The average Bonchev–Trinajstić information content (AvgIpc) is 2.46. The van der Waals surface area contributed by atoms with Gasteiger partial charge in [0, 0.05) is 20.0 Å². The number of hydrogen-bond donors (Lipinski definition) is 1. The van der Waals surface area contributed by atoms with Gasteiger partial charge in [0.1, 0.15) is 17.5 Å². The van der Waals surface area contributed by atoms with Crippen LogP contribution in [0.5, 0.6) is 0 Å². The molecule has 0 aromatic heterocycles. The Balaban J connectivity index is 1.94. The van der Waals surface area contributed by atoms with Crippen LogP contribution in [-0.2, 0) is 14.3 Å². The van der Waals surface area contributed by atoms with Crippen molar-refractivity contribution in [2.24, 2.45) is 4.99 Å². The largest absolute Gasteiger partial charge is 0.444 e. The van der Waals surface area contributed by atoms with Gasteiger partial charge < -0.3 is 10.1 Å². The lowest BCUT2D eigenvalue weighted by Crippen LogP contribution is -2.56. The van der Waals surface area contributed by atoms with Gasteiger partial charge in [-0.2, -0.15) is 0 Å². The van der Waals surface area contributed by atoms with E-state index in [1.165, 1.54) is 7.05 Å². The molecule has 0 aromatic carbocycles. The van der Waals surface area contributed by atoms with Crippen LogP contribution in [0.15, 0.2) is 4.99 Å². The average molecular weight is 324 g/mol. The molecule has 2 aliphatic rings. The minimum absolute atomic E-state index is 0.172. The smallest absolute Gasteiger partial charge is 0.410 e. The SMILES string of the molecule is CN1C(=O)CCC(NC2=NCCN(C(=O)OC(C)(C)C)C2)C1=O. The summed E-state index contributed by atoms with van der Waals surface area (Å²) in [5, 5.41) is 3.06. The third-order valence-corrected chi connectivity index (χ3v) is 3.66. The van der Waals surface area contributed by atoms with Crippen LogP contribution in [0, 0.1) is 0 Å². The second kappa shape index (κ2) is 6.55. The predicted octanol–water partition coefficient (Wildman–Crippen LogP) is 0.373. The summed E-state index contributed by atoms with van der Waals surface area (Å²) in [6.07, 6.45) is 0.366. The number of ether oxygens (including phenoxy) is 1. The maximum atomic E-state index is 12.1. The molecule has 2 aliphatic heterocycles. The minimum atomic E-state index is -0.554. The molecule has 2 rings (SSSR count). The monoisotopic (exact) mass is 324 g/mol. The zero-order valence-corrected chi connectivity index (χ0v) is 14.1. The summed E-state index contributed by atoms with van der Waals surface area (Å²) in [7, 11) is 1.48. The lowest BCUT2D eigenvalue weighted by Gasteiger charge is -2.33. The van der Waals surface area contributed by atoms with Gasteiger partial charge in [0.2, 0.25) is 5.91 Å². The summed E-state index contributed by atoms with van der Waals surface area (Å²) < 4.78 is 5.35. The van der Waals surface area contributed by atoms with Crippen molar-refractivity contribution in [2.45, 2.75) is 45.3 Å². The van der Waals surface area contributed by atoms with Gasteiger partial charge in [0.05, 0.1) is 13.1 Å². The van der Waals surface area contributed by atoms with Crippen molar-refractivity contribution in [1.29, 1.82) is 0 Å². The Morgan fingerprint density at radius 3 is 2.70 bits per heavy atom. The van der Waals surface area contributed by atoms with Crippen molar-refractivity contribution in [1.82, 2.24) is 15.1 Å². The molecule has 0 radical (unpaired) electrons. The Hall–Kier alpha value is -2.12. The van der Waals surface area contributed by atoms with E-state index in [4.69, 9.17) is 4.74 Å². The zero-order valence-electron chi connectivity index (χ0n) is 14.1. The molecule has 1 atom stereocenters. The normalized spacial score (nSPS) is 22.8. The topological polar surface area (TPSA) is 91.3 Å². The van der Waals surface area contributed by atoms with Gasteiger partial charge in [-0.15, -0.1) is 0 Å². The van der Waals surface area contributed by atoms with Crippen LogP contribution in [0.1, 0.15) is 33.6 Å². The number of carbonyl (C=O) groups is 3. The number of piperidine rings is 1. The maximum absolute atomic E-state index is 12.1. The van der Waals surface area contributed by atoms with Gasteiger partial charge in [0.25, 0.3) is 5.91 Å². The maximum Gasteiger partial charge on any atom is 0.410 e. The van der Waals surface area contributed by atoms with Gasteiger partial charge >= 0.3 is 6.09 Å². The molecule has 2 heterocycles. The highest BCUT2D eigenvalue weighted by molar-refractivity contribution is 6.02. The summed E-state index contributed by atoms with van der Waals surface area (Å²) >= 11 is 0. The molecule has 0 aliphatic carbocycles. The van der Waals surface area contributed by atoms with Gasteiger partial charge in [-0.05, 0) is 27.2 Å². The fraction of sp³-hybridized carbons (Fsp3) is 0.733. The Morgan fingerprint density at radius 2 is 2.04 bits per heavy atom. The molecule has 3 amide bonds. The van der Waals surface area contributed by atoms with Crippen LogP contribution in [0.3, 0.4) is 0 Å². The second-order valence-corrected chi connectivity index (χ2v) is 6.76. The van der Waals surface area contributed by atoms with E-state index < -0.39 is 17.7 Å². The standard InChI is InChI=1S/C15H24N4O4/c1-15(2,3)23-14(22)19-8-7-16-11(9-19)17-10-5-6-12(20)18(4)13(10)21/h10H,5-9H2,1-4H3,(H,16,17). The Morgan fingerprint density at radius 1 is 1.35 bits per heavy atom. The first-order chi connectivity index (χ1) is 10.7. The molecule has 1 saturated heterocycles. The Bertz CT molecular complexity index is 538. The third kappa shape index (κ3) is 4.43. The molecular weight excluding hydrogens is 300 g/mol. The van der Waals surface area contributed by atoms with Crippen LogP contribution < -0.4 is 5.32 Å². The first-order valence-corrected chi connectivity index (χ1v) is 7.75. The Kier molecular flexibility index (Phi) is 4.91. The first kappa shape index (κ1) is 17.2. The van der Waals surface area contributed by atoms with Crippen LogP contribution in [-0.4, -0.2) is 71.9 Å². The first-order valence-electron chi connectivity index (χ1n) is 7.75. The molecule has 128 valence electrons. The van der Waals surface area contributed by atoms with Crippen molar-refractivity contribution in [2.75, 3.05) is 26.7 Å². The molecular formula is C15H24N4O4. The number of nitrogens with zero attached hydrogens (tertiary/aromatic N) is 3. The summed E-state index contributed by atoms with van der Waals surface area (Å²) in [5.74, 6) is 0.135. The predicted molar refractivity (Wildman–Crippen MR) is 84.0 cm³/mol. The minimum Gasteiger partial charge on any atom is -0.444 e. The van der Waals surface area contributed by atoms with Gasteiger partial charge in [-0.1, -0.05) is 0 Å². The lowest BCUT2D eigenvalue weighted by atomic mass is 10.0. The highest BCUT2D eigenvalue weighted by Crippen LogP contribution is 2.13. The number of likely N-dealkylation sites (N-methyl/N-ethyl adjacent to an activating group) is 1. The fourth-order valence-electron chi connectivity index (χ4n) is 2.44. The number of hydrogen-bond acceptors (Lipinski definition) is 6. The molecule has 0 spiro atoms. The molecule has 8 nitrogen and oxygen atoms in total. The quantitative estimate of drug-likeness (QED) is 0.704. The highest BCUT2D eigenvalue weighted by atomic mass is 16.6. The summed E-state index contributed by atoms with van der Waals surface area (Å²) in [6, 6.07) is -0.477. The molecule has 1 N–H and O–H groups in total.